The fourth-order valence-corrected chi connectivity index (χ4v) is 2.83. The van der Waals surface area contributed by atoms with E-state index in [1.54, 1.807) is 4.90 Å². The number of aryl methyl sites for hydroxylation is 1. The number of quaternary nitrogens is 2. The second-order valence-electron chi connectivity index (χ2n) is 5.89. The van der Waals surface area contributed by atoms with Crippen LogP contribution in [0.4, 0.5) is 0 Å². The highest BCUT2D eigenvalue weighted by molar-refractivity contribution is 5.36. The van der Waals surface area contributed by atoms with Gasteiger partial charge in [-0.25, -0.2) is 0 Å². The van der Waals surface area contributed by atoms with Crippen molar-refractivity contribution in [3.8, 4) is 5.75 Å². The van der Waals surface area contributed by atoms with Crippen LogP contribution >= 0.6 is 0 Å². The quantitative estimate of drug-likeness (QED) is 0.768. The molecule has 2 rings (SSSR count). The minimum atomic E-state index is 0.586. The zero-order valence-corrected chi connectivity index (χ0v) is 12.5. The summed E-state index contributed by atoms with van der Waals surface area (Å²) in [6.07, 6.45) is 0. The Hall–Kier alpha value is -1.06. The van der Waals surface area contributed by atoms with Crippen LogP contribution in [-0.4, -0.2) is 39.3 Å². The summed E-state index contributed by atoms with van der Waals surface area (Å²) < 4.78 is 5.89. The van der Waals surface area contributed by atoms with Gasteiger partial charge in [-0.15, -0.1) is 0 Å². The number of benzene rings is 1. The maximum absolute atomic E-state index is 5.89. The fraction of sp³-hybridized carbons (Fsp3) is 0.625. The van der Waals surface area contributed by atoms with E-state index in [2.05, 4.69) is 44.3 Å². The van der Waals surface area contributed by atoms with E-state index in [9.17, 15) is 0 Å². The molecule has 0 unspecified atom stereocenters. The summed E-state index contributed by atoms with van der Waals surface area (Å²) in [6.45, 7) is 13.7. The molecular formula is C16H28N2O+2. The van der Waals surface area contributed by atoms with Crippen LogP contribution in [0.25, 0.3) is 0 Å². The second kappa shape index (κ2) is 6.92. The highest BCUT2D eigenvalue weighted by Crippen LogP contribution is 2.23. The minimum Gasteiger partial charge on any atom is -0.488 e. The first kappa shape index (κ1) is 14.4. The number of nitrogens with two attached hydrogens (primary N) is 1. The van der Waals surface area contributed by atoms with E-state index < -0.39 is 0 Å². The van der Waals surface area contributed by atoms with E-state index in [0.29, 0.717) is 5.92 Å². The molecule has 1 aliphatic heterocycles. The van der Waals surface area contributed by atoms with Gasteiger partial charge in [0.1, 0.15) is 45.1 Å². The summed E-state index contributed by atoms with van der Waals surface area (Å²) in [7, 11) is 0. The van der Waals surface area contributed by atoms with Gasteiger partial charge in [0.2, 0.25) is 0 Å². The number of piperazine rings is 1. The number of nitrogens with one attached hydrogen (secondary N) is 1. The van der Waals surface area contributed by atoms with Crippen LogP contribution in [0, 0.1) is 6.92 Å². The van der Waals surface area contributed by atoms with Gasteiger partial charge in [-0.3, -0.25) is 0 Å². The molecule has 1 saturated heterocycles. The van der Waals surface area contributed by atoms with Gasteiger partial charge in [0.05, 0.1) is 0 Å². The normalized spacial score (nSPS) is 16.8. The molecule has 0 radical (unpaired) electrons. The molecule has 0 saturated carbocycles. The van der Waals surface area contributed by atoms with Crippen molar-refractivity contribution in [3.63, 3.8) is 0 Å². The number of rotatable bonds is 5. The zero-order chi connectivity index (χ0) is 13.7. The second-order valence-corrected chi connectivity index (χ2v) is 5.89. The predicted octanol–water partition coefficient (Wildman–Crippen LogP) is -0.0409. The van der Waals surface area contributed by atoms with Gasteiger partial charge in [0.15, 0.2) is 0 Å². The Labute approximate surface area is 116 Å². The highest BCUT2D eigenvalue weighted by Gasteiger charge is 2.15. The largest absolute Gasteiger partial charge is 0.488 e. The van der Waals surface area contributed by atoms with Crippen molar-refractivity contribution in [3.05, 3.63) is 29.3 Å². The average molecular weight is 264 g/mol. The molecule has 1 fully saturated rings. The first-order valence-corrected chi connectivity index (χ1v) is 7.55. The predicted molar refractivity (Wildman–Crippen MR) is 78.0 cm³/mol. The Bertz CT molecular complexity index is 398. The van der Waals surface area contributed by atoms with Gasteiger partial charge in [0.25, 0.3) is 0 Å². The topological polar surface area (TPSA) is 30.3 Å². The smallest absolute Gasteiger partial charge is 0.137 e. The highest BCUT2D eigenvalue weighted by atomic mass is 16.5. The molecule has 0 aliphatic carbocycles. The molecule has 1 heterocycles. The Balaban J connectivity index is 1.81. The first-order valence-electron chi connectivity index (χ1n) is 7.55. The van der Waals surface area contributed by atoms with Crippen molar-refractivity contribution in [1.29, 1.82) is 0 Å². The van der Waals surface area contributed by atoms with Crippen molar-refractivity contribution in [2.24, 2.45) is 0 Å². The van der Waals surface area contributed by atoms with Crippen LogP contribution in [0.2, 0.25) is 0 Å². The Morgan fingerprint density at radius 3 is 2.63 bits per heavy atom. The lowest BCUT2D eigenvalue weighted by atomic mass is 9.98. The molecule has 0 amide bonds. The standard InChI is InChI=1S/C16H26N2O/c1-13(2)16-5-4-15(12-14(16)3)19-11-10-18-8-6-17-7-9-18/h4-5,12-13,17H,6-11H2,1-3H3/p+2. The molecule has 0 spiro atoms. The molecule has 0 atom stereocenters. The Morgan fingerprint density at radius 2 is 2.00 bits per heavy atom. The molecule has 1 aromatic carbocycles. The van der Waals surface area contributed by atoms with Crippen LogP contribution in [0.5, 0.6) is 5.75 Å². The van der Waals surface area contributed by atoms with Crippen LogP contribution in [0.3, 0.4) is 0 Å². The lowest BCUT2D eigenvalue weighted by Crippen LogP contribution is -3.20. The number of hydrogen-bond acceptors (Lipinski definition) is 1. The van der Waals surface area contributed by atoms with Gasteiger partial charge in [0, 0.05) is 0 Å². The summed E-state index contributed by atoms with van der Waals surface area (Å²) in [6, 6.07) is 6.49. The first-order chi connectivity index (χ1) is 9.16. The summed E-state index contributed by atoms with van der Waals surface area (Å²) in [4.78, 5) is 1.68. The molecule has 3 N–H and O–H groups in total. The van der Waals surface area contributed by atoms with Crippen LogP contribution in [0.15, 0.2) is 18.2 Å². The van der Waals surface area contributed by atoms with Crippen molar-refractivity contribution in [2.45, 2.75) is 26.7 Å². The van der Waals surface area contributed by atoms with E-state index >= 15 is 0 Å². The van der Waals surface area contributed by atoms with E-state index in [4.69, 9.17) is 4.74 Å². The van der Waals surface area contributed by atoms with Crippen LogP contribution in [-0.2, 0) is 0 Å². The fourth-order valence-electron chi connectivity index (χ4n) is 2.83. The van der Waals surface area contributed by atoms with Crippen molar-refractivity contribution < 1.29 is 15.0 Å². The van der Waals surface area contributed by atoms with Crippen LogP contribution in [0.1, 0.15) is 30.9 Å². The Morgan fingerprint density at radius 1 is 1.26 bits per heavy atom. The van der Waals surface area contributed by atoms with E-state index in [1.165, 1.54) is 37.3 Å². The van der Waals surface area contributed by atoms with E-state index in [-0.39, 0.29) is 0 Å². The van der Waals surface area contributed by atoms with Gasteiger partial charge in [-0.2, -0.15) is 0 Å². The van der Waals surface area contributed by atoms with E-state index in [0.717, 1.165) is 18.9 Å². The van der Waals surface area contributed by atoms with Crippen LogP contribution < -0.4 is 15.0 Å². The van der Waals surface area contributed by atoms with Crippen molar-refractivity contribution in [2.75, 3.05) is 39.3 Å². The molecule has 0 bridgehead atoms. The van der Waals surface area contributed by atoms with Crippen molar-refractivity contribution >= 4 is 0 Å². The van der Waals surface area contributed by atoms with Gasteiger partial charge >= 0.3 is 0 Å². The average Bonchev–Trinajstić information content (AvgIpc) is 2.39. The molecule has 19 heavy (non-hydrogen) atoms. The molecule has 3 heteroatoms. The third-order valence-corrected chi connectivity index (χ3v) is 3.99. The molecule has 3 nitrogen and oxygen atoms in total. The summed E-state index contributed by atoms with van der Waals surface area (Å²) in [5.41, 5.74) is 2.76. The molecule has 106 valence electrons. The molecule has 0 aromatic heterocycles. The summed E-state index contributed by atoms with van der Waals surface area (Å²) in [5.74, 6) is 1.60. The Kier molecular flexibility index (Phi) is 5.23. The maximum Gasteiger partial charge on any atom is 0.137 e. The van der Waals surface area contributed by atoms with Gasteiger partial charge < -0.3 is 15.0 Å². The minimum absolute atomic E-state index is 0.586. The third kappa shape index (κ3) is 4.22. The summed E-state index contributed by atoms with van der Waals surface area (Å²) in [5, 5.41) is 2.40. The SMILES string of the molecule is Cc1cc(OCC[NH+]2CC[NH2+]CC2)ccc1C(C)C. The van der Waals surface area contributed by atoms with E-state index in [1.807, 2.05) is 0 Å². The summed E-state index contributed by atoms with van der Waals surface area (Å²) >= 11 is 0. The lowest BCUT2D eigenvalue weighted by molar-refractivity contribution is -0.946. The van der Waals surface area contributed by atoms with Gasteiger partial charge in [-0.1, -0.05) is 19.9 Å². The lowest BCUT2D eigenvalue weighted by Gasteiger charge is -2.22. The molecular weight excluding hydrogens is 236 g/mol. The zero-order valence-electron chi connectivity index (χ0n) is 12.5. The third-order valence-electron chi connectivity index (χ3n) is 3.99. The number of hydrogen-bond donors (Lipinski definition) is 2. The maximum atomic E-state index is 5.89. The van der Waals surface area contributed by atoms with Crippen molar-refractivity contribution in [1.82, 2.24) is 0 Å². The number of ether oxygens (including phenoxy) is 1. The monoisotopic (exact) mass is 264 g/mol. The molecule has 1 aromatic rings. The van der Waals surface area contributed by atoms with Gasteiger partial charge in [-0.05, 0) is 36.1 Å². The molecule has 1 aliphatic rings.